The Balaban J connectivity index is 2.83. The Kier molecular flexibility index (Phi) is 2.59. The van der Waals surface area contributed by atoms with E-state index in [1.165, 1.54) is 0 Å². The molecule has 1 aromatic carbocycles. The number of aromatic nitrogens is 1. The molecule has 3 heteroatoms. The van der Waals surface area contributed by atoms with Gasteiger partial charge in [0.05, 0.1) is 4.47 Å². The van der Waals surface area contributed by atoms with Gasteiger partial charge in [0.2, 0.25) is 0 Å². The second-order valence-corrected chi connectivity index (χ2v) is 4.96. The molecule has 0 saturated carbocycles. The number of benzene rings is 1. The van der Waals surface area contributed by atoms with Crippen LogP contribution >= 0.6 is 15.9 Å². The van der Waals surface area contributed by atoms with E-state index in [0.29, 0.717) is 15.8 Å². The summed E-state index contributed by atoms with van der Waals surface area (Å²) in [6.45, 7) is 6.17. The Morgan fingerprint density at radius 3 is 2.60 bits per heavy atom. The third kappa shape index (κ3) is 1.59. The Hall–Kier alpha value is -0.830. The zero-order valence-corrected chi connectivity index (χ0v) is 10.6. The van der Waals surface area contributed by atoms with E-state index in [0.717, 1.165) is 16.8 Å². The largest absolute Gasteiger partial charge is 0.358 e. The zero-order chi connectivity index (χ0) is 11.2. The maximum absolute atomic E-state index is 13.9. The van der Waals surface area contributed by atoms with Crippen LogP contribution < -0.4 is 0 Å². The fraction of sp³-hybridized carbons (Fsp3) is 0.333. The third-order valence-corrected chi connectivity index (χ3v) is 3.33. The quantitative estimate of drug-likeness (QED) is 0.785. The Morgan fingerprint density at radius 2 is 2.00 bits per heavy atom. The first-order chi connectivity index (χ1) is 7.02. The SMILES string of the molecule is Cc1c(C(C)C)[nH]c2ccc(Br)c(F)c12. The predicted molar refractivity (Wildman–Crippen MR) is 64.8 cm³/mol. The molecule has 1 heterocycles. The molecular weight excluding hydrogens is 257 g/mol. The maximum atomic E-state index is 13.9. The molecule has 80 valence electrons. The van der Waals surface area contributed by atoms with Crippen molar-refractivity contribution in [3.8, 4) is 0 Å². The summed E-state index contributed by atoms with van der Waals surface area (Å²) in [5.74, 6) is 0.212. The van der Waals surface area contributed by atoms with Crippen LogP contribution in [0.3, 0.4) is 0 Å². The lowest BCUT2D eigenvalue weighted by atomic mass is 10.0. The van der Waals surface area contributed by atoms with Crippen molar-refractivity contribution in [2.24, 2.45) is 0 Å². The summed E-state index contributed by atoms with van der Waals surface area (Å²) in [6.07, 6.45) is 0. The minimum absolute atomic E-state index is 0.173. The average molecular weight is 270 g/mol. The molecule has 0 saturated heterocycles. The summed E-state index contributed by atoms with van der Waals surface area (Å²) in [6, 6.07) is 3.64. The van der Waals surface area contributed by atoms with Crippen LogP contribution in [0.1, 0.15) is 31.0 Å². The monoisotopic (exact) mass is 269 g/mol. The summed E-state index contributed by atoms with van der Waals surface area (Å²) in [7, 11) is 0. The second-order valence-electron chi connectivity index (χ2n) is 4.10. The molecule has 0 spiro atoms. The van der Waals surface area contributed by atoms with Crippen molar-refractivity contribution in [3.63, 3.8) is 0 Å². The topological polar surface area (TPSA) is 15.8 Å². The highest BCUT2D eigenvalue weighted by Gasteiger charge is 2.15. The Morgan fingerprint density at radius 1 is 1.33 bits per heavy atom. The molecule has 0 bridgehead atoms. The number of fused-ring (bicyclic) bond motifs is 1. The first-order valence-electron chi connectivity index (χ1n) is 4.98. The van der Waals surface area contributed by atoms with Crippen molar-refractivity contribution in [2.75, 3.05) is 0 Å². The van der Waals surface area contributed by atoms with Crippen LogP contribution in [0.5, 0.6) is 0 Å². The summed E-state index contributed by atoms with van der Waals surface area (Å²) >= 11 is 3.21. The van der Waals surface area contributed by atoms with Gasteiger partial charge >= 0.3 is 0 Å². The van der Waals surface area contributed by atoms with Crippen LogP contribution in [0, 0.1) is 12.7 Å². The number of nitrogens with one attached hydrogen (secondary N) is 1. The van der Waals surface area contributed by atoms with Gasteiger partial charge in [0, 0.05) is 16.6 Å². The smallest absolute Gasteiger partial charge is 0.147 e. The number of hydrogen-bond donors (Lipinski definition) is 1. The van der Waals surface area contributed by atoms with Crippen LogP contribution in [0.15, 0.2) is 16.6 Å². The maximum Gasteiger partial charge on any atom is 0.147 e. The second kappa shape index (κ2) is 3.63. The van der Waals surface area contributed by atoms with Gasteiger partial charge in [0.15, 0.2) is 0 Å². The number of aromatic amines is 1. The average Bonchev–Trinajstić information content (AvgIpc) is 2.50. The third-order valence-electron chi connectivity index (χ3n) is 2.72. The van der Waals surface area contributed by atoms with Gasteiger partial charge in [-0.15, -0.1) is 0 Å². The first kappa shape index (κ1) is 10.7. The molecule has 0 unspecified atom stereocenters. The molecule has 15 heavy (non-hydrogen) atoms. The van der Waals surface area contributed by atoms with Crippen molar-refractivity contribution in [3.05, 3.63) is 33.7 Å². The molecule has 1 nitrogen and oxygen atoms in total. The van der Waals surface area contributed by atoms with E-state index in [9.17, 15) is 4.39 Å². The molecule has 1 N–H and O–H groups in total. The fourth-order valence-corrected chi connectivity index (χ4v) is 2.30. The number of rotatable bonds is 1. The number of halogens is 2. The molecule has 0 aliphatic heterocycles. The first-order valence-corrected chi connectivity index (χ1v) is 5.78. The molecule has 1 aromatic heterocycles. The number of hydrogen-bond acceptors (Lipinski definition) is 0. The molecular formula is C12H13BrFN. The standard InChI is InChI=1S/C12H13BrFN/c1-6(2)12-7(3)10-9(15-12)5-4-8(13)11(10)14/h4-6,15H,1-3H3. The fourth-order valence-electron chi connectivity index (χ4n) is 1.97. The highest BCUT2D eigenvalue weighted by Crippen LogP contribution is 2.31. The van der Waals surface area contributed by atoms with Gasteiger partial charge in [-0.1, -0.05) is 13.8 Å². The lowest BCUT2D eigenvalue weighted by molar-refractivity contribution is 0.633. The van der Waals surface area contributed by atoms with Gasteiger partial charge < -0.3 is 4.98 Å². The predicted octanol–water partition coefficient (Wildman–Crippen LogP) is 4.50. The molecule has 0 radical (unpaired) electrons. The molecule has 0 aliphatic carbocycles. The van der Waals surface area contributed by atoms with Gasteiger partial charge in [0.25, 0.3) is 0 Å². The molecule has 0 amide bonds. The molecule has 0 atom stereocenters. The summed E-state index contributed by atoms with van der Waals surface area (Å²) < 4.78 is 14.4. The van der Waals surface area contributed by atoms with Crippen molar-refractivity contribution >= 4 is 26.8 Å². The van der Waals surface area contributed by atoms with Crippen molar-refractivity contribution in [2.45, 2.75) is 26.7 Å². The minimum Gasteiger partial charge on any atom is -0.358 e. The van der Waals surface area contributed by atoms with E-state index >= 15 is 0 Å². The van der Waals surface area contributed by atoms with Crippen molar-refractivity contribution in [1.29, 1.82) is 0 Å². The van der Waals surface area contributed by atoms with Crippen LogP contribution in [-0.2, 0) is 0 Å². The number of aryl methyl sites for hydroxylation is 1. The van der Waals surface area contributed by atoms with Crippen LogP contribution in [0.25, 0.3) is 10.9 Å². The zero-order valence-electron chi connectivity index (χ0n) is 8.99. The lowest BCUT2D eigenvalue weighted by Crippen LogP contribution is -1.89. The Labute approximate surface area is 96.8 Å². The van der Waals surface area contributed by atoms with Gasteiger partial charge in [-0.25, -0.2) is 4.39 Å². The van der Waals surface area contributed by atoms with Crippen molar-refractivity contribution < 1.29 is 4.39 Å². The van der Waals surface area contributed by atoms with Crippen LogP contribution in [0.2, 0.25) is 0 Å². The molecule has 0 aliphatic rings. The van der Waals surface area contributed by atoms with Crippen molar-refractivity contribution in [1.82, 2.24) is 4.98 Å². The Bertz CT molecular complexity index is 514. The van der Waals surface area contributed by atoms with Gasteiger partial charge in [0.1, 0.15) is 5.82 Å². The summed E-state index contributed by atoms with van der Waals surface area (Å²) in [5.41, 5.74) is 3.00. The number of H-pyrrole nitrogens is 1. The van der Waals surface area contributed by atoms with Gasteiger partial charge in [-0.3, -0.25) is 0 Å². The van der Waals surface area contributed by atoms with Gasteiger partial charge in [-0.05, 0) is 46.5 Å². The molecule has 2 aromatic rings. The van der Waals surface area contributed by atoms with E-state index in [1.54, 1.807) is 6.07 Å². The summed E-state index contributed by atoms with van der Waals surface area (Å²) in [4.78, 5) is 3.27. The summed E-state index contributed by atoms with van der Waals surface area (Å²) in [5, 5.41) is 0.702. The highest BCUT2D eigenvalue weighted by molar-refractivity contribution is 9.10. The molecule has 2 rings (SSSR count). The van der Waals surface area contributed by atoms with Gasteiger partial charge in [-0.2, -0.15) is 0 Å². The van der Waals surface area contributed by atoms with Crippen LogP contribution in [0.4, 0.5) is 4.39 Å². The minimum atomic E-state index is -0.173. The van der Waals surface area contributed by atoms with E-state index in [2.05, 4.69) is 34.8 Å². The lowest BCUT2D eigenvalue weighted by Gasteiger charge is -2.02. The van der Waals surface area contributed by atoms with Crippen LogP contribution in [-0.4, -0.2) is 4.98 Å². The van der Waals surface area contributed by atoms with E-state index in [1.807, 2.05) is 13.0 Å². The molecule has 0 fully saturated rings. The highest BCUT2D eigenvalue weighted by atomic mass is 79.9. The normalized spacial score (nSPS) is 11.6. The van der Waals surface area contributed by atoms with E-state index in [4.69, 9.17) is 0 Å². The van der Waals surface area contributed by atoms with E-state index < -0.39 is 0 Å². The van der Waals surface area contributed by atoms with E-state index in [-0.39, 0.29) is 5.82 Å².